The third-order valence-corrected chi connectivity index (χ3v) is 7.98. The molecule has 0 aromatic heterocycles. The number of hydrogen-bond donors (Lipinski definition) is 1. The Hall–Kier alpha value is -3.65. The van der Waals surface area contributed by atoms with Gasteiger partial charge >= 0.3 is 0 Å². The monoisotopic (exact) mass is 521 g/mol. The zero-order valence-electron chi connectivity index (χ0n) is 21.8. The van der Waals surface area contributed by atoms with Gasteiger partial charge < -0.3 is 10.2 Å². The third kappa shape index (κ3) is 6.77. The number of carbonyl (C=O) groups excluding carboxylic acids is 2. The molecule has 2 amide bonds. The molecule has 0 aliphatic carbocycles. The van der Waals surface area contributed by atoms with Gasteiger partial charge in [0.2, 0.25) is 11.8 Å². The summed E-state index contributed by atoms with van der Waals surface area (Å²) in [7, 11) is -4.07. The number of para-hydroxylation sites is 1. The van der Waals surface area contributed by atoms with Crippen LogP contribution in [0.2, 0.25) is 0 Å². The number of likely N-dealkylation sites (N-methyl/N-ethyl adjacent to an activating group) is 1. The van der Waals surface area contributed by atoms with Crippen molar-refractivity contribution in [2.75, 3.05) is 17.4 Å². The zero-order chi connectivity index (χ0) is 27.0. The highest BCUT2D eigenvalue weighted by Crippen LogP contribution is 2.28. The first-order valence-electron chi connectivity index (χ1n) is 12.5. The topological polar surface area (TPSA) is 86.8 Å². The van der Waals surface area contributed by atoms with E-state index in [4.69, 9.17) is 0 Å². The van der Waals surface area contributed by atoms with Crippen LogP contribution in [0.4, 0.5) is 5.69 Å². The quantitative estimate of drug-likeness (QED) is 0.408. The minimum atomic E-state index is -4.07. The Morgan fingerprint density at radius 3 is 2.24 bits per heavy atom. The van der Waals surface area contributed by atoms with Gasteiger partial charge in [-0.1, -0.05) is 73.2 Å². The van der Waals surface area contributed by atoms with Gasteiger partial charge in [-0.25, -0.2) is 8.42 Å². The number of benzene rings is 3. The normalized spacial score (nSPS) is 12.0. The van der Waals surface area contributed by atoms with Crippen molar-refractivity contribution in [3.63, 3.8) is 0 Å². The highest BCUT2D eigenvalue weighted by Gasteiger charge is 2.33. The van der Waals surface area contributed by atoms with Crippen molar-refractivity contribution in [1.82, 2.24) is 10.2 Å². The molecule has 8 heteroatoms. The Morgan fingerprint density at radius 1 is 0.919 bits per heavy atom. The second-order valence-corrected chi connectivity index (χ2v) is 10.8. The summed E-state index contributed by atoms with van der Waals surface area (Å²) in [4.78, 5) is 28.2. The first-order valence-corrected chi connectivity index (χ1v) is 13.9. The number of carbonyl (C=O) groups is 2. The molecule has 3 aromatic rings. The molecule has 3 aromatic carbocycles. The number of nitrogens with zero attached hydrogens (tertiary/aromatic N) is 2. The number of amides is 2. The van der Waals surface area contributed by atoms with Gasteiger partial charge in [0.15, 0.2) is 0 Å². The van der Waals surface area contributed by atoms with Gasteiger partial charge in [-0.15, -0.1) is 0 Å². The summed E-state index contributed by atoms with van der Waals surface area (Å²) in [6, 6.07) is 22.2. The number of hydrogen-bond acceptors (Lipinski definition) is 4. The van der Waals surface area contributed by atoms with Crippen LogP contribution >= 0.6 is 0 Å². The summed E-state index contributed by atoms with van der Waals surface area (Å²) in [5.41, 5.74) is 3.14. The average molecular weight is 522 g/mol. The summed E-state index contributed by atoms with van der Waals surface area (Å²) in [6.45, 7) is 7.53. The van der Waals surface area contributed by atoms with Crippen LogP contribution in [0, 0.1) is 6.92 Å². The maximum atomic E-state index is 13.9. The van der Waals surface area contributed by atoms with E-state index in [2.05, 4.69) is 5.32 Å². The maximum Gasteiger partial charge on any atom is 0.264 e. The summed E-state index contributed by atoms with van der Waals surface area (Å²) in [5.74, 6) is -0.763. The maximum absolute atomic E-state index is 13.9. The van der Waals surface area contributed by atoms with Crippen LogP contribution in [0.5, 0.6) is 0 Å². The van der Waals surface area contributed by atoms with Gasteiger partial charge in [0.25, 0.3) is 10.0 Å². The number of sulfonamides is 1. The molecule has 0 spiro atoms. The second kappa shape index (κ2) is 12.5. The van der Waals surface area contributed by atoms with E-state index in [1.54, 1.807) is 37.3 Å². The van der Waals surface area contributed by atoms with Crippen LogP contribution in [0.25, 0.3) is 0 Å². The minimum Gasteiger partial charge on any atom is -0.355 e. The van der Waals surface area contributed by atoms with Crippen LogP contribution in [-0.4, -0.2) is 44.3 Å². The number of anilines is 1. The lowest BCUT2D eigenvalue weighted by atomic mass is 10.1. The molecule has 0 radical (unpaired) electrons. The van der Waals surface area contributed by atoms with E-state index in [-0.39, 0.29) is 17.3 Å². The molecule has 0 heterocycles. The lowest BCUT2D eigenvalue weighted by Gasteiger charge is -2.32. The average Bonchev–Trinajstić information content (AvgIpc) is 2.90. The lowest BCUT2D eigenvalue weighted by molar-refractivity contribution is -0.139. The highest BCUT2D eigenvalue weighted by molar-refractivity contribution is 7.92. The highest BCUT2D eigenvalue weighted by atomic mass is 32.2. The minimum absolute atomic E-state index is 0.0933. The first kappa shape index (κ1) is 27.9. The van der Waals surface area contributed by atoms with Crippen LogP contribution in [-0.2, 0) is 32.6 Å². The largest absolute Gasteiger partial charge is 0.355 e. The summed E-state index contributed by atoms with van der Waals surface area (Å²) in [5, 5.41) is 2.77. The van der Waals surface area contributed by atoms with Crippen molar-refractivity contribution in [3.05, 3.63) is 95.6 Å². The predicted molar refractivity (Wildman–Crippen MR) is 147 cm³/mol. The molecule has 196 valence electrons. The molecule has 0 fully saturated rings. The fourth-order valence-electron chi connectivity index (χ4n) is 4.20. The second-order valence-electron chi connectivity index (χ2n) is 8.89. The van der Waals surface area contributed by atoms with Crippen LogP contribution < -0.4 is 9.62 Å². The van der Waals surface area contributed by atoms with Crippen molar-refractivity contribution >= 4 is 27.5 Å². The molecule has 0 unspecified atom stereocenters. The molecule has 0 saturated carbocycles. The fourth-order valence-corrected chi connectivity index (χ4v) is 5.67. The fraction of sp³-hybridized carbons (Fsp3) is 0.310. The van der Waals surface area contributed by atoms with Gasteiger partial charge in [0, 0.05) is 13.1 Å². The lowest BCUT2D eigenvalue weighted by Crippen LogP contribution is -2.51. The van der Waals surface area contributed by atoms with Gasteiger partial charge in [-0.05, 0) is 56.5 Å². The zero-order valence-corrected chi connectivity index (χ0v) is 22.7. The molecule has 37 heavy (non-hydrogen) atoms. The van der Waals surface area contributed by atoms with Crippen molar-refractivity contribution in [2.45, 2.75) is 51.6 Å². The van der Waals surface area contributed by atoms with Crippen LogP contribution in [0.15, 0.2) is 83.8 Å². The van der Waals surface area contributed by atoms with Gasteiger partial charge in [-0.2, -0.15) is 0 Å². The van der Waals surface area contributed by atoms with E-state index in [9.17, 15) is 18.0 Å². The summed E-state index contributed by atoms with van der Waals surface area (Å²) in [6.07, 6.45) is 0.591. The Morgan fingerprint density at radius 2 is 1.59 bits per heavy atom. The van der Waals surface area contributed by atoms with E-state index < -0.39 is 28.5 Å². The molecule has 1 atom stereocenters. The van der Waals surface area contributed by atoms with Gasteiger partial charge in [0.1, 0.15) is 12.6 Å². The number of rotatable bonds is 11. The molecule has 0 aliphatic rings. The number of aryl methyl sites for hydroxylation is 2. The molecule has 3 rings (SSSR count). The molecular weight excluding hydrogens is 486 g/mol. The van der Waals surface area contributed by atoms with Gasteiger partial charge in [-0.3, -0.25) is 13.9 Å². The molecule has 0 saturated heterocycles. The van der Waals surface area contributed by atoms with E-state index in [1.807, 2.05) is 57.2 Å². The number of nitrogens with one attached hydrogen (secondary N) is 1. The van der Waals surface area contributed by atoms with Crippen molar-refractivity contribution in [3.8, 4) is 0 Å². The summed E-state index contributed by atoms with van der Waals surface area (Å²) < 4.78 is 28.9. The standard InChI is InChI=1S/C29H35N3O4S/c1-5-25-15-10-11-18-27(25)32(37(35,36)26-16-8-7-9-17-26)21-28(33)31(23(4)29(34)30-6-2)20-24-14-12-13-22(3)19-24/h7-19,23H,5-6,20-21H2,1-4H3,(H,30,34)/t23-/m0/s1. The Balaban J connectivity index is 2.06. The Kier molecular flexibility index (Phi) is 9.47. The predicted octanol–water partition coefficient (Wildman–Crippen LogP) is 4.31. The van der Waals surface area contributed by atoms with Crippen molar-refractivity contribution < 1.29 is 18.0 Å². The molecule has 0 aliphatic heterocycles. The third-order valence-electron chi connectivity index (χ3n) is 6.20. The molecule has 0 bridgehead atoms. The summed E-state index contributed by atoms with van der Waals surface area (Å²) >= 11 is 0. The van der Waals surface area contributed by atoms with E-state index in [1.165, 1.54) is 17.0 Å². The van der Waals surface area contributed by atoms with Crippen LogP contribution in [0.1, 0.15) is 37.5 Å². The van der Waals surface area contributed by atoms with E-state index in [0.717, 1.165) is 21.0 Å². The molecular formula is C29H35N3O4S. The smallest absolute Gasteiger partial charge is 0.264 e. The van der Waals surface area contributed by atoms with E-state index in [0.29, 0.717) is 18.7 Å². The van der Waals surface area contributed by atoms with Crippen molar-refractivity contribution in [1.29, 1.82) is 0 Å². The Bertz CT molecular complexity index is 1330. The SMILES string of the molecule is CCNC(=O)[C@H](C)N(Cc1cccc(C)c1)C(=O)CN(c1ccccc1CC)S(=O)(=O)c1ccccc1. The van der Waals surface area contributed by atoms with Crippen LogP contribution in [0.3, 0.4) is 0 Å². The molecule has 7 nitrogen and oxygen atoms in total. The van der Waals surface area contributed by atoms with Crippen molar-refractivity contribution in [2.24, 2.45) is 0 Å². The molecule has 1 N–H and O–H groups in total. The Labute approximate surface area is 220 Å². The first-order chi connectivity index (χ1) is 17.7. The van der Waals surface area contributed by atoms with Gasteiger partial charge in [0.05, 0.1) is 10.6 Å². The van der Waals surface area contributed by atoms with E-state index >= 15 is 0 Å².